The van der Waals surface area contributed by atoms with E-state index in [2.05, 4.69) is 10.2 Å². The Balaban J connectivity index is 2.15. The normalized spacial score (nSPS) is 19.6. The fourth-order valence-corrected chi connectivity index (χ4v) is 1.96. The summed E-state index contributed by atoms with van der Waals surface area (Å²) < 4.78 is 5.25. The van der Waals surface area contributed by atoms with Crippen molar-refractivity contribution in [2.45, 2.75) is 45.3 Å². The van der Waals surface area contributed by atoms with Crippen LogP contribution in [0.2, 0.25) is 0 Å². The van der Waals surface area contributed by atoms with E-state index in [4.69, 9.17) is 10.5 Å². The van der Waals surface area contributed by atoms with Gasteiger partial charge in [0, 0.05) is 26.2 Å². The van der Waals surface area contributed by atoms with Crippen molar-refractivity contribution in [1.29, 1.82) is 0 Å². The number of ether oxygens (including phenoxy) is 1. The molecule has 0 aromatic carbocycles. The number of nitrogens with one attached hydrogen (secondary N) is 1. The SMILES string of the molecule is CC(C)(C)OC(=O)[C@@H](N)CCCN1CCNCC1. The highest BCUT2D eigenvalue weighted by molar-refractivity contribution is 5.75. The van der Waals surface area contributed by atoms with E-state index in [9.17, 15) is 4.79 Å². The van der Waals surface area contributed by atoms with Crippen LogP contribution in [0, 0.1) is 0 Å². The molecule has 5 heteroatoms. The van der Waals surface area contributed by atoms with Gasteiger partial charge < -0.3 is 20.7 Å². The first-order valence-corrected chi connectivity index (χ1v) is 6.80. The van der Waals surface area contributed by atoms with Crippen LogP contribution in [0.3, 0.4) is 0 Å². The molecule has 0 unspecified atom stereocenters. The first-order chi connectivity index (χ1) is 8.38. The molecule has 5 nitrogen and oxygen atoms in total. The van der Waals surface area contributed by atoms with Crippen molar-refractivity contribution in [3.63, 3.8) is 0 Å². The lowest BCUT2D eigenvalue weighted by Crippen LogP contribution is -2.44. The summed E-state index contributed by atoms with van der Waals surface area (Å²) in [5.74, 6) is -0.289. The van der Waals surface area contributed by atoms with E-state index in [-0.39, 0.29) is 5.97 Å². The van der Waals surface area contributed by atoms with Crippen LogP contribution in [-0.2, 0) is 9.53 Å². The summed E-state index contributed by atoms with van der Waals surface area (Å²) in [6, 6.07) is -0.493. The smallest absolute Gasteiger partial charge is 0.323 e. The number of carbonyl (C=O) groups excluding carboxylic acids is 1. The van der Waals surface area contributed by atoms with Crippen LogP contribution >= 0.6 is 0 Å². The van der Waals surface area contributed by atoms with E-state index in [1.807, 2.05) is 20.8 Å². The Morgan fingerprint density at radius 3 is 2.56 bits per heavy atom. The summed E-state index contributed by atoms with van der Waals surface area (Å²) >= 11 is 0. The number of carbonyl (C=O) groups is 1. The second kappa shape index (κ2) is 7.07. The first-order valence-electron chi connectivity index (χ1n) is 6.80. The predicted molar refractivity (Wildman–Crippen MR) is 72.4 cm³/mol. The third kappa shape index (κ3) is 6.33. The maximum absolute atomic E-state index is 11.7. The molecule has 1 atom stereocenters. The molecule has 0 aromatic heterocycles. The third-order valence-corrected chi connectivity index (χ3v) is 2.91. The van der Waals surface area contributed by atoms with Gasteiger partial charge >= 0.3 is 5.97 Å². The molecule has 1 fully saturated rings. The van der Waals surface area contributed by atoms with Gasteiger partial charge in [0.2, 0.25) is 0 Å². The lowest BCUT2D eigenvalue weighted by Gasteiger charge is -2.27. The fourth-order valence-electron chi connectivity index (χ4n) is 1.96. The Morgan fingerprint density at radius 1 is 1.39 bits per heavy atom. The summed E-state index contributed by atoms with van der Waals surface area (Å²) in [4.78, 5) is 14.1. The molecule has 0 spiro atoms. The van der Waals surface area contributed by atoms with Crippen molar-refractivity contribution in [3.8, 4) is 0 Å². The Kier molecular flexibility index (Phi) is 6.05. The molecule has 1 aliphatic heterocycles. The maximum Gasteiger partial charge on any atom is 0.323 e. The number of esters is 1. The monoisotopic (exact) mass is 257 g/mol. The molecule has 18 heavy (non-hydrogen) atoms. The summed E-state index contributed by atoms with van der Waals surface area (Å²) in [5, 5.41) is 3.32. The largest absolute Gasteiger partial charge is 0.459 e. The lowest BCUT2D eigenvalue weighted by atomic mass is 10.1. The fraction of sp³-hybridized carbons (Fsp3) is 0.923. The average Bonchev–Trinajstić information content (AvgIpc) is 2.28. The van der Waals surface area contributed by atoms with Gasteiger partial charge in [-0.3, -0.25) is 4.79 Å². The number of nitrogens with zero attached hydrogens (tertiary/aromatic N) is 1. The van der Waals surface area contributed by atoms with Crippen LogP contribution in [-0.4, -0.2) is 55.2 Å². The number of hydrogen-bond acceptors (Lipinski definition) is 5. The third-order valence-electron chi connectivity index (χ3n) is 2.91. The molecular weight excluding hydrogens is 230 g/mol. The Hall–Kier alpha value is -0.650. The second-order valence-electron chi connectivity index (χ2n) is 5.87. The summed E-state index contributed by atoms with van der Waals surface area (Å²) in [5.41, 5.74) is 5.38. The molecule has 1 aliphatic rings. The van der Waals surface area contributed by atoms with Crippen molar-refractivity contribution in [3.05, 3.63) is 0 Å². The maximum atomic E-state index is 11.7. The molecule has 0 aromatic rings. The first kappa shape index (κ1) is 15.4. The van der Waals surface area contributed by atoms with Crippen LogP contribution in [0.5, 0.6) is 0 Å². The van der Waals surface area contributed by atoms with E-state index >= 15 is 0 Å². The topological polar surface area (TPSA) is 67.6 Å². The second-order valence-corrected chi connectivity index (χ2v) is 5.87. The van der Waals surface area contributed by atoms with E-state index < -0.39 is 11.6 Å². The zero-order valence-electron chi connectivity index (χ0n) is 11.9. The predicted octanol–water partition coefficient (Wildman–Crippen LogP) is 0.341. The quantitative estimate of drug-likeness (QED) is 0.695. The average molecular weight is 257 g/mol. The zero-order valence-corrected chi connectivity index (χ0v) is 11.9. The number of piperazine rings is 1. The van der Waals surface area contributed by atoms with E-state index in [0.717, 1.165) is 39.1 Å². The van der Waals surface area contributed by atoms with Gasteiger partial charge in [0.05, 0.1) is 0 Å². The number of rotatable bonds is 5. The van der Waals surface area contributed by atoms with Crippen molar-refractivity contribution < 1.29 is 9.53 Å². The van der Waals surface area contributed by atoms with E-state index in [1.54, 1.807) is 0 Å². The highest BCUT2D eigenvalue weighted by Crippen LogP contribution is 2.10. The van der Waals surface area contributed by atoms with Crippen LogP contribution in [0.25, 0.3) is 0 Å². The summed E-state index contributed by atoms with van der Waals surface area (Å²) in [6.07, 6.45) is 1.64. The van der Waals surface area contributed by atoms with Gasteiger partial charge in [0.25, 0.3) is 0 Å². The molecule has 0 bridgehead atoms. The van der Waals surface area contributed by atoms with Crippen molar-refractivity contribution in [2.24, 2.45) is 5.73 Å². The number of nitrogens with two attached hydrogens (primary N) is 1. The molecule has 0 aliphatic carbocycles. The Bertz CT molecular complexity index is 257. The van der Waals surface area contributed by atoms with Gasteiger partial charge in [-0.2, -0.15) is 0 Å². The molecule has 3 N–H and O–H groups in total. The van der Waals surface area contributed by atoms with Gasteiger partial charge in [0.1, 0.15) is 11.6 Å². The molecular formula is C13H27N3O2. The molecule has 0 saturated carbocycles. The molecule has 1 rings (SSSR count). The molecule has 0 radical (unpaired) electrons. The van der Waals surface area contributed by atoms with Gasteiger partial charge in [-0.1, -0.05) is 0 Å². The van der Waals surface area contributed by atoms with Gasteiger partial charge in [0.15, 0.2) is 0 Å². The van der Waals surface area contributed by atoms with E-state index in [0.29, 0.717) is 6.42 Å². The molecule has 1 saturated heterocycles. The molecule has 0 amide bonds. The summed E-state index contributed by atoms with van der Waals surface area (Å²) in [7, 11) is 0. The minimum absolute atomic E-state index is 0.289. The Labute approximate surface area is 110 Å². The van der Waals surface area contributed by atoms with E-state index in [1.165, 1.54) is 0 Å². The number of hydrogen-bond donors (Lipinski definition) is 2. The van der Waals surface area contributed by atoms with Gasteiger partial charge in [-0.05, 0) is 40.2 Å². The lowest BCUT2D eigenvalue weighted by molar-refractivity contribution is -0.156. The molecule has 1 heterocycles. The summed E-state index contributed by atoms with van der Waals surface area (Å²) in [6.45, 7) is 10.9. The standard InChI is InChI=1S/C13H27N3O2/c1-13(2,3)18-12(17)11(14)5-4-8-16-9-6-15-7-10-16/h11,15H,4-10,14H2,1-3H3/t11-/m0/s1. The zero-order chi connectivity index (χ0) is 13.6. The van der Waals surface area contributed by atoms with Gasteiger partial charge in [-0.15, -0.1) is 0 Å². The highest BCUT2D eigenvalue weighted by atomic mass is 16.6. The van der Waals surface area contributed by atoms with Crippen LogP contribution in [0.4, 0.5) is 0 Å². The van der Waals surface area contributed by atoms with Crippen molar-refractivity contribution in [1.82, 2.24) is 10.2 Å². The van der Waals surface area contributed by atoms with Crippen LogP contribution in [0.1, 0.15) is 33.6 Å². The minimum Gasteiger partial charge on any atom is -0.459 e. The van der Waals surface area contributed by atoms with Crippen LogP contribution in [0.15, 0.2) is 0 Å². The Morgan fingerprint density at radius 2 is 2.00 bits per heavy atom. The minimum atomic E-state index is -0.493. The van der Waals surface area contributed by atoms with Crippen LogP contribution < -0.4 is 11.1 Å². The molecule has 106 valence electrons. The van der Waals surface area contributed by atoms with Crippen molar-refractivity contribution in [2.75, 3.05) is 32.7 Å². The van der Waals surface area contributed by atoms with Crippen molar-refractivity contribution >= 4 is 5.97 Å². The van der Waals surface area contributed by atoms with Gasteiger partial charge in [-0.25, -0.2) is 0 Å². The highest BCUT2D eigenvalue weighted by Gasteiger charge is 2.22.